The number of carbonyl (C=O) groups is 1. The Labute approximate surface area is 194 Å². The zero-order valence-corrected chi connectivity index (χ0v) is 19.5. The summed E-state index contributed by atoms with van der Waals surface area (Å²) >= 11 is 0. The molecule has 1 fully saturated rings. The van der Waals surface area contributed by atoms with Gasteiger partial charge in [0.05, 0.1) is 17.1 Å². The fourth-order valence-electron chi connectivity index (χ4n) is 4.74. The molecule has 7 nitrogen and oxygen atoms in total. The van der Waals surface area contributed by atoms with Crippen LogP contribution >= 0.6 is 0 Å². The van der Waals surface area contributed by atoms with Gasteiger partial charge >= 0.3 is 11.7 Å². The zero-order chi connectivity index (χ0) is 23.4. The molecule has 1 unspecified atom stereocenters. The van der Waals surface area contributed by atoms with Crippen LogP contribution in [-0.2, 0) is 0 Å². The number of carbonyl (C=O) groups excluding carboxylic acids is 1. The summed E-state index contributed by atoms with van der Waals surface area (Å²) < 4.78 is 2.92. The molecular weight excluding hydrogens is 416 g/mol. The molecule has 2 heterocycles. The Morgan fingerprint density at radius 2 is 1.67 bits per heavy atom. The van der Waals surface area contributed by atoms with E-state index in [0.717, 1.165) is 43.6 Å². The number of hydrogen-bond donors (Lipinski definition) is 2. The van der Waals surface area contributed by atoms with Crippen LogP contribution in [-0.4, -0.2) is 51.4 Å². The Morgan fingerprint density at radius 1 is 1.03 bits per heavy atom. The van der Waals surface area contributed by atoms with Crippen molar-refractivity contribution >= 4 is 17.1 Å². The van der Waals surface area contributed by atoms with Crippen molar-refractivity contribution in [2.75, 3.05) is 26.2 Å². The van der Waals surface area contributed by atoms with Crippen molar-refractivity contribution in [1.29, 1.82) is 0 Å². The summed E-state index contributed by atoms with van der Waals surface area (Å²) in [5.41, 5.74) is 2.08. The summed E-state index contributed by atoms with van der Waals surface area (Å²) in [6.07, 6.45) is 2.26. The van der Waals surface area contributed by atoms with Crippen molar-refractivity contribution in [1.82, 2.24) is 19.4 Å². The number of aromatic nitrogens is 2. The van der Waals surface area contributed by atoms with E-state index in [1.165, 1.54) is 4.57 Å². The monoisotopic (exact) mass is 450 g/mol. The Hall–Kier alpha value is -2.90. The van der Waals surface area contributed by atoms with Crippen LogP contribution in [0.15, 0.2) is 59.4 Å². The number of rotatable bonds is 7. The van der Waals surface area contributed by atoms with Gasteiger partial charge in [-0.15, -0.1) is 0 Å². The summed E-state index contributed by atoms with van der Waals surface area (Å²) in [7, 11) is 0. The van der Waals surface area contributed by atoms with Gasteiger partial charge in [-0.05, 0) is 69.8 Å². The van der Waals surface area contributed by atoms with Crippen LogP contribution < -0.4 is 11.0 Å². The molecule has 1 aliphatic heterocycles. The number of aliphatic hydroxyl groups excluding tert-OH is 1. The van der Waals surface area contributed by atoms with E-state index in [-0.39, 0.29) is 17.8 Å². The number of hydrogen-bond acceptors (Lipinski definition) is 4. The molecule has 1 aliphatic rings. The molecule has 33 heavy (non-hydrogen) atoms. The van der Waals surface area contributed by atoms with E-state index in [9.17, 15) is 14.7 Å². The quantitative estimate of drug-likeness (QED) is 0.574. The van der Waals surface area contributed by atoms with Crippen molar-refractivity contribution in [3.05, 3.63) is 70.6 Å². The van der Waals surface area contributed by atoms with E-state index < -0.39 is 6.10 Å². The van der Waals surface area contributed by atoms with Crippen molar-refractivity contribution in [2.24, 2.45) is 5.92 Å². The number of amides is 1. The molecule has 2 aromatic carbocycles. The molecule has 0 bridgehead atoms. The zero-order valence-electron chi connectivity index (χ0n) is 19.5. The number of fused-ring (bicyclic) bond motifs is 1. The molecular formula is C26H34N4O3. The summed E-state index contributed by atoms with van der Waals surface area (Å²) in [6, 6.07) is 16.8. The standard InChI is InChI=1S/C26H34N4O3/c1-19(2)29-22-10-6-7-11-23(22)30(26(29)33)25(32)27-18-20-12-15-28(16-13-20)17-14-24(31)21-8-4-3-5-9-21/h3-11,19-20,24,31H,12-18H2,1-2H3,(H,27,32). The van der Waals surface area contributed by atoms with Crippen molar-refractivity contribution in [2.45, 2.75) is 45.3 Å². The minimum Gasteiger partial charge on any atom is -0.388 e. The van der Waals surface area contributed by atoms with Crippen LogP contribution in [0.1, 0.15) is 50.8 Å². The number of piperidine rings is 1. The maximum absolute atomic E-state index is 12.9. The largest absolute Gasteiger partial charge is 0.388 e. The fraction of sp³-hybridized carbons (Fsp3) is 0.462. The van der Waals surface area contributed by atoms with Crippen LogP contribution in [0.25, 0.3) is 11.0 Å². The molecule has 0 spiro atoms. The first kappa shape index (κ1) is 23.3. The summed E-state index contributed by atoms with van der Waals surface area (Å²) in [4.78, 5) is 28.2. The van der Waals surface area contributed by atoms with Gasteiger partial charge in [-0.25, -0.2) is 14.2 Å². The van der Waals surface area contributed by atoms with E-state index in [0.29, 0.717) is 24.4 Å². The van der Waals surface area contributed by atoms with E-state index in [1.54, 1.807) is 4.57 Å². The molecule has 1 amide bonds. The summed E-state index contributed by atoms with van der Waals surface area (Å²) in [5.74, 6) is 0.387. The first-order chi connectivity index (χ1) is 16.0. The third-order valence-corrected chi connectivity index (χ3v) is 6.65. The van der Waals surface area contributed by atoms with Crippen LogP contribution in [0.5, 0.6) is 0 Å². The van der Waals surface area contributed by atoms with E-state index >= 15 is 0 Å². The molecule has 0 aliphatic carbocycles. The van der Waals surface area contributed by atoms with Gasteiger partial charge < -0.3 is 15.3 Å². The molecule has 1 saturated heterocycles. The lowest BCUT2D eigenvalue weighted by Gasteiger charge is -2.32. The van der Waals surface area contributed by atoms with Gasteiger partial charge in [0.15, 0.2) is 0 Å². The molecule has 1 atom stereocenters. The molecule has 2 N–H and O–H groups in total. The second kappa shape index (κ2) is 10.4. The number of imidazole rings is 1. The predicted molar refractivity (Wildman–Crippen MR) is 131 cm³/mol. The molecule has 7 heteroatoms. The Kier molecular flexibility index (Phi) is 7.30. The molecule has 176 valence electrons. The Balaban J connectivity index is 1.29. The van der Waals surface area contributed by atoms with E-state index in [1.807, 2.05) is 68.4 Å². The highest BCUT2D eigenvalue weighted by Crippen LogP contribution is 2.21. The number of likely N-dealkylation sites (tertiary alicyclic amines) is 1. The molecule has 3 aromatic rings. The molecule has 1 aromatic heterocycles. The highest BCUT2D eigenvalue weighted by molar-refractivity contribution is 5.89. The maximum atomic E-state index is 12.9. The lowest BCUT2D eigenvalue weighted by molar-refractivity contribution is 0.123. The molecule has 4 rings (SSSR count). The van der Waals surface area contributed by atoms with Crippen LogP contribution in [0.2, 0.25) is 0 Å². The highest BCUT2D eigenvalue weighted by Gasteiger charge is 2.23. The fourth-order valence-corrected chi connectivity index (χ4v) is 4.74. The number of aliphatic hydroxyl groups is 1. The van der Waals surface area contributed by atoms with Gasteiger partial charge in [-0.3, -0.25) is 4.57 Å². The number of nitrogens with one attached hydrogen (secondary N) is 1. The van der Waals surface area contributed by atoms with E-state index in [4.69, 9.17) is 0 Å². The third-order valence-electron chi connectivity index (χ3n) is 6.65. The average Bonchev–Trinajstić information content (AvgIpc) is 3.14. The van der Waals surface area contributed by atoms with Gasteiger partial charge in [-0.1, -0.05) is 42.5 Å². The van der Waals surface area contributed by atoms with Gasteiger partial charge in [0.25, 0.3) is 0 Å². The maximum Gasteiger partial charge on any atom is 0.337 e. The topological polar surface area (TPSA) is 79.5 Å². The van der Waals surface area contributed by atoms with Gasteiger partial charge in [0.1, 0.15) is 0 Å². The first-order valence-electron chi connectivity index (χ1n) is 11.9. The Morgan fingerprint density at radius 3 is 2.33 bits per heavy atom. The number of benzene rings is 2. The third kappa shape index (κ3) is 5.20. The first-order valence-corrected chi connectivity index (χ1v) is 11.9. The van der Waals surface area contributed by atoms with Crippen LogP contribution in [0, 0.1) is 5.92 Å². The minimum atomic E-state index is -0.436. The number of nitrogens with zero attached hydrogens (tertiary/aromatic N) is 3. The second-order valence-electron chi connectivity index (χ2n) is 9.26. The van der Waals surface area contributed by atoms with Crippen molar-refractivity contribution in [3.8, 4) is 0 Å². The predicted octanol–water partition coefficient (Wildman–Crippen LogP) is 3.78. The molecule has 0 saturated carbocycles. The van der Waals surface area contributed by atoms with Crippen molar-refractivity contribution < 1.29 is 9.90 Å². The second-order valence-corrected chi connectivity index (χ2v) is 9.26. The minimum absolute atomic E-state index is 0.0267. The lowest BCUT2D eigenvalue weighted by atomic mass is 9.96. The number of para-hydroxylation sites is 2. The SMILES string of the molecule is CC(C)n1c(=O)n(C(=O)NCC2CCN(CCC(O)c3ccccc3)CC2)c2ccccc21. The highest BCUT2D eigenvalue weighted by atomic mass is 16.3. The van der Waals surface area contributed by atoms with E-state index in [2.05, 4.69) is 10.2 Å². The lowest BCUT2D eigenvalue weighted by Crippen LogP contribution is -2.42. The summed E-state index contributed by atoms with van der Waals surface area (Å²) in [6.45, 7) is 7.22. The smallest absolute Gasteiger partial charge is 0.337 e. The Bertz CT molecular complexity index is 1130. The van der Waals surface area contributed by atoms with Crippen LogP contribution in [0.3, 0.4) is 0 Å². The van der Waals surface area contributed by atoms with Gasteiger partial charge in [0.2, 0.25) is 0 Å². The van der Waals surface area contributed by atoms with Gasteiger partial charge in [0, 0.05) is 19.1 Å². The van der Waals surface area contributed by atoms with Crippen LogP contribution in [0.4, 0.5) is 4.79 Å². The van der Waals surface area contributed by atoms with Gasteiger partial charge in [-0.2, -0.15) is 0 Å². The average molecular weight is 451 g/mol. The summed E-state index contributed by atoms with van der Waals surface area (Å²) in [5, 5.41) is 13.4. The normalized spacial score (nSPS) is 16.4. The van der Waals surface area contributed by atoms with Crippen molar-refractivity contribution in [3.63, 3.8) is 0 Å². The molecule has 0 radical (unpaired) electrons.